The number of rotatable bonds is 2. The lowest BCUT2D eigenvalue weighted by Gasteiger charge is -2.35. The van der Waals surface area contributed by atoms with Gasteiger partial charge < -0.3 is 10.6 Å². The molecule has 4 heteroatoms. The lowest BCUT2D eigenvalue weighted by molar-refractivity contribution is 0.0677. The SMILES string of the molecule is CC1c2ccccc2CCN1C(=O)c1ccc(CN)cc1.Cl. The summed E-state index contributed by atoms with van der Waals surface area (Å²) >= 11 is 0. The van der Waals surface area contributed by atoms with E-state index in [1.165, 1.54) is 11.1 Å². The summed E-state index contributed by atoms with van der Waals surface area (Å²) in [6, 6.07) is 16.1. The van der Waals surface area contributed by atoms with E-state index in [2.05, 4.69) is 25.1 Å². The number of fused-ring (bicyclic) bond motifs is 1. The van der Waals surface area contributed by atoms with Gasteiger partial charge in [0, 0.05) is 18.7 Å². The molecular weight excluding hydrogens is 296 g/mol. The molecule has 0 saturated heterocycles. The van der Waals surface area contributed by atoms with Gasteiger partial charge in [-0.05, 0) is 42.2 Å². The number of hydrogen-bond acceptors (Lipinski definition) is 2. The Kier molecular flexibility index (Phi) is 5.22. The molecule has 22 heavy (non-hydrogen) atoms. The third kappa shape index (κ3) is 3.01. The van der Waals surface area contributed by atoms with Crippen LogP contribution in [0.15, 0.2) is 48.5 Å². The molecule has 3 nitrogen and oxygen atoms in total. The van der Waals surface area contributed by atoms with Crippen molar-refractivity contribution in [2.75, 3.05) is 6.54 Å². The van der Waals surface area contributed by atoms with Gasteiger partial charge in [-0.3, -0.25) is 4.79 Å². The Morgan fingerprint density at radius 1 is 1.18 bits per heavy atom. The predicted molar refractivity (Wildman–Crippen MR) is 91.2 cm³/mol. The van der Waals surface area contributed by atoms with Crippen molar-refractivity contribution in [2.45, 2.75) is 25.9 Å². The molecule has 0 radical (unpaired) electrons. The number of amides is 1. The van der Waals surface area contributed by atoms with Gasteiger partial charge in [0.2, 0.25) is 0 Å². The molecule has 3 rings (SSSR count). The summed E-state index contributed by atoms with van der Waals surface area (Å²) in [5, 5.41) is 0. The fraction of sp³-hybridized carbons (Fsp3) is 0.278. The van der Waals surface area contributed by atoms with Crippen LogP contribution in [-0.4, -0.2) is 17.4 Å². The Hall–Kier alpha value is -1.84. The first-order valence-electron chi connectivity index (χ1n) is 7.38. The Morgan fingerprint density at radius 3 is 2.55 bits per heavy atom. The summed E-state index contributed by atoms with van der Waals surface area (Å²) < 4.78 is 0. The summed E-state index contributed by atoms with van der Waals surface area (Å²) in [4.78, 5) is 14.7. The minimum absolute atomic E-state index is 0. The fourth-order valence-electron chi connectivity index (χ4n) is 3.00. The largest absolute Gasteiger partial charge is 0.332 e. The van der Waals surface area contributed by atoms with E-state index in [1.54, 1.807) is 0 Å². The first kappa shape index (κ1) is 16.5. The van der Waals surface area contributed by atoms with E-state index in [4.69, 9.17) is 5.73 Å². The van der Waals surface area contributed by atoms with Crippen LogP contribution in [0.5, 0.6) is 0 Å². The number of hydrogen-bond donors (Lipinski definition) is 1. The molecule has 1 unspecified atom stereocenters. The number of nitrogens with zero attached hydrogens (tertiary/aromatic N) is 1. The molecule has 1 aliphatic heterocycles. The standard InChI is InChI=1S/C18H20N2O.ClH/c1-13-17-5-3-2-4-15(17)10-11-20(13)18(21)16-8-6-14(12-19)7-9-16;/h2-9,13H,10-12,19H2,1H3;1H. The van der Waals surface area contributed by atoms with Crippen molar-refractivity contribution in [2.24, 2.45) is 5.73 Å². The molecule has 1 aliphatic rings. The van der Waals surface area contributed by atoms with Gasteiger partial charge >= 0.3 is 0 Å². The lowest BCUT2D eigenvalue weighted by atomic mass is 9.93. The van der Waals surface area contributed by atoms with Crippen LogP contribution in [0.25, 0.3) is 0 Å². The maximum Gasteiger partial charge on any atom is 0.254 e. The molecule has 2 aromatic rings. The zero-order valence-corrected chi connectivity index (χ0v) is 13.5. The van der Waals surface area contributed by atoms with Gasteiger partial charge in [-0.15, -0.1) is 12.4 Å². The van der Waals surface area contributed by atoms with Crippen LogP contribution in [0, 0.1) is 0 Å². The first-order chi connectivity index (χ1) is 10.2. The monoisotopic (exact) mass is 316 g/mol. The van der Waals surface area contributed by atoms with Crippen molar-refractivity contribution in [3.05, 3.63) is 70.8 Å². The van der Waals surface area contributed by atoms with Crippen LogP contribution in [0.4, 0.5) is 0 Å². The summed E-state index contributed by atoms with van der Waals surface area (Å²) in [5.41, 5.74) is 9.99. The minimum Gasteiger partial charge on any atom is -0.332 e. The zero-order valence-electron chi connectivity index (χ0n) is 12.7. The highest BCUT2D eigenvalue weighted by Gasteiger charge is 2.27. The first-order valence-corrected chi connectivity index (χ1v) is 7.38. The maximum absolute atomic E-state index is 12.7. The molecule has 1 atom stereocenters. The average molecular weight is 317 g/mol. The smallest absolute Gasteiger partial charge is 0.254 e. The molecule has 1 amide bonds. The molecule has 116 valence electrons. The second-order valence-electron chi connectivity index (χ2n) is 5.52. The Bertz CT molecular complexity index is 654. The van der Waals surface area contributed by atoms with E-state index >= 15 is 0 Å². The van der Waals surface area contributed by atoms with Crippen LogP contribution < -0.4 is 5.73 Å². The van der Waals surface area contributed by atoms with Gasteiger partial charge in [0.1, 0.15) is 0 Å². The Morgan fingerprint density at radius 2 is 1.86 bits per heavy atom. The molecule has 2 N–H and O–H groups in total. The highest BCUT2D eigenvalue weighted by molar-refractivity contribution is 5.94. The average Bonchev–Trinajstić information content (AvgIpc) is 2.55. The van der Waals surface area contributed by atoms with Gasteiger partial charge in [0.25, 0.3) is 5.91 Å². The fourth-order valence-corrected chi connectivity index (χ4v) is 3.00. The number of carbonyl (C=O) groups is 1. The molecule has 0 saturated carbocycles. The molecule has 0 aromatic heterocycles. The molecule has 1 heterocycles. The highest BCUT2D eigenvalue weighted by Crippen LogP contribution is 2.30. The quantitative estimate of drug-likeness (QED) is 0.923. The number of benzene rings is 2. The normalized spacial score (nSPS) is 16.6. The molecule has 0 aliphatic carbocycles. The van der Waals surface area contributed by atoms with Crippen molar-refractivity contribution < 1.29 is 4.79 Å². The van der Waals surface area contributed by atoms with E-state index < -0.39 is 0 Å². The van der Waals surface area contributed by atoms with Gasteiger partial charge in [-0.1, -0.05) is 36.4 Å². The van der Waals surface area contributed by atoms with Gasteiger partial charge in [0.05, 0.1) is 6.04 Å². The lowest BCUT2D eigenvalue weighted by Crippen LogP contribution is -2.38. The number of halogens is 1. The topological polar surface area (TPSA) is 46.3 Å². The van der Waals surface area contributed by atoms with Crippen LogP contribution >= 0.6 is 12.4 Å². The van der Waals surface area contributed by atoms with Crippen molar-refractivity contribution in [1.82, 2.24) is 4.90 Å². The maximum atomic E-state index is 12.7. The van der Waals surface area contributed by atoms with Gasteiger partial charge in [0.15, 0.2) is 0 Å². The van der Waals surface area contributed by atoms with Gasteiger partial charge in [-0.25, -0.2) is 0 Å². The highest BCUT2D eigenvalue weighted by atomic mass is 35.5. The summed E-state index contributed by atoms with van der Waals surface area (Å²) in [6.07, 6.45) is 0.924. The van der Waals surface area contributed by atoms with Crippen molar-refractivity contribution in [3.63, 3.8) is 0 Å². The summed E-state index contributed by atoms with van der Waals surface area (Å²) in [5.74, 6) is 0.0978. The van der Waals surface area contributed by atoms with Crippen molar-refractivity contribution in [1.29, 1.82) is 0 Å². The van der Waals surface area contributed by atoms with E-state index in [-0.39, 0.29) is 24.4 Å². The third-order valence-corrected chi connectivity index (χ3v) is 4.29. The van der Waals surface area contributed by atoms with Crippen molar-refractivity contribution >= 4 is 18.3 Å². The van der Waals surface area contributed by atoms with Crippen LogP contribution in [-0.2, 0) is 13.0 Å². The second-order valence-corrected chi connectivity index (χ2v) is 5.52. The minimum atomic E-state index is 0. The molecule has 0 fully saturated rings. The Labute approximate surface area is 137 Å². The zero-order chi connectivity index (χ0) is 14.8. The molecule has 2 aromatic carbocycles. The van der Waals surface area contributed by atoms with E-state index in [0.717, 1.165) is 24.1 Å². The summed E-state index contributed by atoms with van der Waals surface area (Å²) in [6.45, 7) is 3.38. The Balaban J connectivity index is 0.00000176. The van der Waals surface area contributed by atoms with Gasteiger partial charge in [-0.2, -0.15) is 0 Å². The van der Waals surface area contributed by atoms with Crippen LogP contribution in [0.2, 0.25) is 0 Å². The molecular formula is C18H21ClN2O. The van der Waals surface area contributed by atoms with Crippen LogP contribution in [0.3, 0.4) is 0 Å². The van der Waals surface area contributed by atoms with E-state index in [0.29, 0.717) is 6.54 Å². The summed E-state index contributed by atoms with van der Waals surface area (Å²) in [7, 11) is 0. The van der Waals surface area contributed by atoms with Crippen molar-refractivity contribution in [3.8, 4) is 0 Å². The number of carbonyl (C=O) groups excluding carboxylic acids is 1. The van der Waals surface area contributed by atoms with Crippen LogP contribution in [0.1, 0.15) is 40.0 Å². The second kappa shape index (κ2) is 6.95. The number of nitrogens with two attached hydrogens (primary N) is 1. The third-order valence-electron chi connectivity index (χ3n) is 4.29. The van der Waals surface area contributed by atoms with E-state index in [1.807, 2.05) is 35.2 Å². The molecule has 0 bridgehead atoms. The predicted octanol–water partition coefficient (Wildman–Crippen LogP) is 3.33. The molecule has 0 spiro atoms. The van der Waals surface area contributed by atoms with E-state index in [9.17, 15) is 4.79 Å².